The number of piperidine rings is 1. The lowest BCUT2D eigenvalue weighted by atomic mass is 10.0. The monoisotopic (exact) mass is 509 g/mol. The van der Waals surface area contributed by atoms with Crippen LogP contribution in [0.4, 0.5) is 0 Å². The fourth-order valence-electron chi connectivity index (χ4n) is 3.47. The summed E-state index contributed by atoms with van der Waals surface area (Å²) in [5.74, 6) is 1.51. The number of aliphatic imine (C=N–C) groups is 1. The van der Waals surface area contributed by atoms with Crippen LogP contribution in [0.25, 0.3) is 0 Å². The van der Waals surface area contributed by atoms with Crippen LogP contribution in [0.2, 0.25) is 0 Å². The second-order valence-corrected chi connectivity index (χ2v) is 7.01. The highest BCUT2D eigenvalue weighted by Crippen LogP contribution is 2.15. The van der Waals surface area contributed by atoms with E-state index in [1.54, 1.807) is 6.20 Å². The Morgan fingerprint density at radius 1 is 1.17 bits per heavy atom. The minimum absolute atomic E-state index is 0. The molecule has 0 bridgehead atoms. The second-order valence-electron chi connectivity index (χ2n) is 7.01. The van der Waals surface area contributed by atoms with E-state index < -0.39 is 0 Å². The zero-order valence-electron chi connectivity index (χ0n) is 17.3. The number of benzene rings is 1. The van der Waals surface area contributed by atoms with Crippen molar-refractivity contribution in [2.75, 3.05) is 26.7 Å². The van der Waals surface area contributed by atoms with Gasteiger partial charge in [-0.2, -0.15) is 0 Å². The van der Waals surface area contributed by atoms with Gasteiger partial charge in [0.15, 0.2) is 5.96 Å². The van der Waals surface area contributed by atoms with Gasteiger partial charge in [-0.25, -0.2) is 4.98 Å². The minimum atomic E-state index is 0. The van der Waals surface area contributed by atoms with Gasteiger partial charge in [-0.15, -0.1) is 24.0 Å². The molecule has 0 aliphatic carbocycles. The maximum absolute atomic E-state index is 5.60. The van der Waals surface area contributed by atoms with Crippen molar-refractivity contribution in [1.82, 2.24) is 20.5 Å². The van der Waals surface area contributed by atoms with E-state index in [1.807, 2.05) is 26.1 Å². The number of nitrogens with one attached hydrogen (secondary N) is 2. The summed E-state index contributed by atoms with van der Waals surface area (Å²) in [5, 5.41) is 6.95. The third-order valence-corrected chi connectivity index (χ3v) is 4.98. The largest absolute Gasteiger partial charge is 0.478 e. The van der Waals surface area contributed by atoms with Crippen LogP contribution in [0.5, 0.6) is 5.88 Å². The molecule has 1 aromatic carbocycles. The minimum Gasteiger partial charge on any atom is -0.478 e. The molecule has 0 saturated carbocycles. The number of aromatic nitrogens is 1. The van der Waals surface area contributed by atoms with Crippen molar-refractivity contribution in [1.29, 1.82) is 0 Å². The number of nitrogens with zero attached hydrogens (tertiary/aromatic N) is 3. The number of hydrogen-bond donors (Lipinski definition) is 2. The average Bonchev–Trinajstić information content (AvgIpc) is 2.74. The van der Waals surface area contributed by atoms with Gasteiger partial charge in [-0.3, -0.25) is 9.89 Å². The zero-order chi connectivity index (χ0) is 19.6. The molecule has 1 aromatic heterocycles. The Balaban J connectivity index is 0.00000300. The maximum Gasteiger partial charge on any atom is 0.218 e. The summed E-state index contributed by atoms with van der Waals surface area (Å²) < 4.78 is 5.60. The second kappa shape index (κ2) is 12.6. The molecule has 0 atom stereocenters. The van der Waals surface area contributed by atoms with Gasteiger partial charge in [0.1, 0.15) is 0 Å². The third-order valence-electron chi connectivity index (χ3n) is 4.98. The first-order chi connectivity index (χ1) is 13.8. The molecule has 0 unspecified atom stereocenters. The summed E-state index contributed by atoms with van der Waals surface area (Å²) in [5.41, 5.74) is 2.41. The summed E-state index contributed by atoms with van der Waals surface area (Å²) in [6.45, 7) is 6.44. The Morgan fingerprint density at radius 2 is 1.93 bits per heavy atom. The molecule has 6 nitrogen and oxygen atoms in total. The van der Waals surface area contributed by atoms with Crippen LogP contribution in [0.1, 0.15) is 30.9 Å². The van der Waals surface area contributed by atoms with E-state index in [9.17, 15) is 0 Å². The summed E-state index contributed by atoms with van der Waals surface area (Å²) >= 11 is 0. The number of hydrogen-bond acceptors (Lipinski definition) is 4. The molecule has 2 heterocycles. The highest BCUT2D eigenvalue weighted by Gasteiger charge is 2.20. The smallest absolute Gasteiger partial charge is 0.218 e. The Morgan fingerprint density at radius 3 is 2.62 bits per heavy atom. The van der Waals surface area contributed by atoms with Gasteiger partial charge in [-0.1, -0.05) is 36.4 Å². The third kappa shape index (κ3) is 7.47. The van der Waals surface area contributed by atoms with E-state index in [-0.39, 0.29) is 24.0 Å². The number of rotatable bonds is 7. The Bertz CT molecular complexity index is 748. The maximum atomic E-state index is 5.60. The Labute approximate surface area is 191 Å². The van der Waals surface area contributed by atoms with E-state index in [4.69, 9.17) is 4.74 Å². The highest BCUT2D eigenvalue weighted by atomic mass is 127. The molecular formula is C22H32IN5O. The molecule has 1 fully saturated rings. The first kappa shape index (κ1) is 23.4. The van der Waals surface area contributed by atoms with Gasteiger partial charge in [0, 0.05) is 51.0 Å². The van der Waals surface area contributed by atoms with Gasteiger partial charge in [0.2, 0.25) is 5.88 Å². The van der Waals surface area contributed by atoms with Crippen LogP contribution in [0.15, 0.2) is 53.7 Å². The van der Waals surface area contributed by atoms with E-state index in [2.05, 4.69) is 55.8 Å². The fraction of sp³-hybridized carbons (Fsp3) is 0.455. The Hall–Kier alpha value is -1.87. The zero-order valence-corrected chi connectivity index (χ0v) is 19.6. The van der Waals surface area contributed by atoms with Crippen molar-refractivity contribution < 1.29 is 4.74 Å². The molecule has 0 amide bonds. The van der Waals surface area contributed by atoms with E-state index in [1.165, 1.54) is 5.56 Å². The molecule has 2 N–H and O–H groups in total. The van der Waals surface area contributed by atoms with Crippen molar-refractivity contribution >= 4 is 29.9 Å². The van der Waals surface area contributed by atoms with Crippen molar-refractivity contribution in [3.05, 3.63) is 59.8 Å². The number of halogens is 1. The molecule has 1 aliphatic heterocycles. The van der Waals surface area contributed by atoms with E-state index >= 15 is 0 Å². The lowest BCUT2D eigenvalue weighted by Crippen LogP contribution is -2.48. The molecule has 2 aromatic rings. The lowest BCUT2D eigenvalue weighted by Gasteiger charge is -2.33. The molecule has 0 spiro atoms. The fourth-order valence-corrected chi connectivity index (χ4v) is 3.47. The van der Waals surface area contributed by atoms with Crippen molar-refractivity contribution in [2.24, 2.45) is 4.99 Å². The van der Waals surface area contributed by atoms with Gasteiger partial charge in [-0.05, 0) is 31.4 Å². The predicted octanol–water partition coefficient (Wildman–Crippen LogP) is 3.43. The highest BCUT2D eigenvalue weighted by molar-refractivity contribution is 14.0. The summed E-state index contributed by atoms with van der Waals surface area (Å²) in [6, 6.07) is 15.1. The van der Waals surface area contributed by atoms with E-state index in [0.29, 0.717) is 25.1 Å². The molecule has 1 saturated heterocycles. The van der Waals surface area contributed by atoms with Crippen LogP contribution in [-0.4, -0.2) is 48.6 Å². The van der Waals surface area contributed by atoms with Crippen molar-refractivity contribution in [2.45, 2.75) is 38.9 Å². The van der Waals surface area contributed by atoms with Crippen LogP contribution in [0, 0.1) is 0 Å². The molecule has 1 aliphatic rings. The number of ether oxygens (including phenoxy) is 1. The quantitative estimate of drug-likeness (QED) is 0.340. The van der Waals surface area contributed by atoms with Crippen molar-refractivity contribution in [3.8, 4) is 5.88 Å². The predicted molar refractivity (Wildman–Crippen MR) is 129 cm³/mol. The molecule has 3 rings (SSSR count). The summed E-state index contributed by atoms with van der Waals surface area (Å²) in [6.07, 6.45) is 3.99. The number of guanidine groups is 1. The normalized spacial score (nSPS) is 15.4. The van der Waals surface area contributed by atoms with Crippen LogP contribution in [0.3, 0.4) is 0 Å². The van der Waals surface area contributed by atoms with Gasteiger partial charge in [0.25, 0.3) is 0 Å². The first-order valence-corrected chi connectivity index (χ1v) is 10.1. The number of likely N-dealkylation sites (tertiary alicyclic amines) is 1. The van der Waals surface area contributed by atoms with Crippen LogP contribution >= 0.6 is 24.0 Å². The van der Waals surface area contributed by atoms with Crippen molar-refractivity contribution in [3.63, 3.8) is 0 Å². The molecule has 158 valence electrons. The van der Waals surface area contributed by atoms with Crippen LogP contribution in [-0.2, 0) is 13.1 Å². The topological polar surface area (TPSA) is 61.8 Å². The van der Waals surface area contributed by atoms with E-state index in [0.717, 1.165) is 44.0 Å². The number of pyridine rings is 1. The standard InChI is InChI=1S/C22H31N5O.HI/c1-3-28-21-19(10-7-13-24-21)16-25-22(23-2)26-20-11-14-27(15-12-20)17-18-8-5-4-6-9-18;/h4-10,13,20H,3,11-12,14-17H2,1-2H3,(H2,23,25,26);1H. The Kier molecular flexibility index (Phi) is 10.2. The molecular weight excluding hydrogens is 477 g/mol. The summed E-state index contributed by atoms with van der Waals surface area (Å²) in [4.78, 5) is 11.2. The van der Waals surface area contributed by atoms with Gasteiger partial charge >= 0.3 is 0 Å². The molecule has 0 radical (unpaired) electrons. The van der Waals surface area contributed by atoms with Gasteiger partial charge in [0.05, 0.1) is 6.61 Å². The average molecular weight is 509 g/mol. The van der Waals surface area contributed by atoms with Gasteiger partial charge < -0.3 is 15.4 Å². The first-order valence-electron chi connectivity index (χ1n) is 10.1. The molecule has 29 heavy (non-hydrogen) atoms. The van der Waals surface area contributed by atoms with Crippen LogP contribution < -0.4 is 15.4 Å². The molecule has 7 heteroatoms. The summed E-state index contributed by atoms with van der Waals surface area (Å²) in [7, 11) is 1.81. The lowest BCUT2D eigenvalue weighted by molar-refractivity contribution is 0.198. The SMILES string of the molecule is CCOc1ncccc1CNC(=NC)NC1CCN(Cc2ccccc2)CC1.I.